The van der Waals surface area contributed by atoms with Crippen LogP contribution in [0.3, 0.4) is 0 Å². The Bertz CT molecular complexity index is 707. The smallest absolute Gasteiger partial charge is 0.244 e. The van der Waals surface area contributed by atoms with Crippen molar-refractivity contribution < 1.29 is 13.2 Å². The first-order valence-corrected chi connectivity index (χ1v) is 8.57. The quantitative estimate of drug-likeness (QED) is 0.858. The SMILES string of the molecule is O=S(=O)(c1cccnc1)N1CCCC(Oc2ccncc2)C1. The largest absolute Gasteiger partial charge is 0.489 e. The summed E-state index contributed by atoms with van der Waals surface area (Å²) in [6.45, 7) is 0.854. The summed E-state index contributed by atoms with van der Waals surface area (Å²) >= 11 is 0. The fourth-order valence-electron chi connectivity index (χ4n) is 2.48. The van der Waals surface area contributed by atoms with E-state index in [9.17, 15) is 8.42 Å². The molecule has 2 aromatic heterocycles. The van der Waals surface area contributed by atoms with Crippen LogP contribution in [0.2, 0.25) is 0 Å². The molecule has 116 valence electrons. The molecule has 1 fully saturated rings. The minimum Gasteiger partial charge on any atom is -0.489 e. The summed E-state index contributed by atoms with van der Waals surface area (Å²) in [5.74, 6) is 0.709. The maximum absolute atomic E-state index is 12.6. The van der Waals surface area contributed by atoms with E-state index in [2.05, 4.69) is 9.97 Å². The molecule has 0 spiro atoms. The van der Waals surface area contributed by atoms with Crippen molar-refractivity contribution in [2.45, 2.75) is 23.8 Å². The molecule has 3 heterocycles. The molecule has 1 aliphatic rings. The third-order valence-electron chi connectivity index (χ3n) is 3.57. The average Bonchev–Trinajstić information content (AvgIpc) is 2.57. The lowest BCUT2D eigenvalue weighted by Crippen LogP contribution is -2.44. The first kappa shape index (κ1) is 14.9. The lowest BCUT2D eigenvalue weighted by Gasteiger charge is -2.32. The van der Waals surface area contributed by atoms with E-state index < -0.39 is 10.0 Å². The van der Waals surface area contributed by atoms with Crippen LogP contribution in [0.1, 0.15) is 12.8 Å². The molecule has 3 rings (SSSR count). The summed E-state index contributed by atoms with van der Waals surface area (Å²) in [6, 6.07) is 6.74. The Labute approximate surface area is 129 Å². The van der Waals surface area contributed by atoms with Gasteiger partial charge in [0.05, 0.1) is 6.54 Å². The molecule has 6 nitrogen and oxygen atoms in total. The zero-order chi connectivity index (χ0) is 15.4. The number of piperidine rings is 1. The van der Waals surface area contributed by atoms with Crippen LogP contribution >= 0.6 is 0 Å². The summed E-state index contributed by atoms with van der Waals surface area (Å²) in [5, 5.41) is 0. The zero-order valence-electron chi connectivity index (χ0n) is 12.0. The van der Waals surface area contributed by atoms with Gasteiger partial charge in [-0.15, -0.1) is 0 Å². The zero-order valence-corrected chi connectivity index (χ0v) is 12.8. The van der Waals surface area contributed by atoms with Crippen LogP contribution in [0.15, 0.2) is 53.9 Å². The fourth-order valence-corrected chi connectivity index (χ4v) is 3.95. The molecule has 7 heteroatoms. The van der Waals surface area contributed by atoms with E-state index in [1.807, 2.05) is 0 Å². The Balaban J connectivity index is 1.73. The van der Waals surface area contributed by atoms with Crippen LogP contribution in [-0.2, 0) is 10.0 Å². The van der Waals surface area contributed by atoms with Gasteiger partial charge in [0.25, 0.3) is 0 Å². The van der Waals surface area contributed by atoms with Crippen LogP contribution in [0, 0.1) is 0 Å². The minimum atomic E-state index is -3.51. The third-order valence-corrected chi connectivity index (χ3v) is 5.41. The van der Waals surface area contributed by atoms with Crippen LogP contribution in [0.4, 0.5) is 0 Å². The minimum absolute atomic E-state index is 0.150. The second kappa shape index (κ2) is 6.41. The van der Waals surface area contributed by atoms with E-state index in [0.29, 0.717) is 18.8 Å². The predicted molar refractivity (Wildman–Crippen MR) is 80.9 cm³/mol. The third kappa shape index (κ3) is 3.26. The first-order valence-electron chi connectivity index (χ1n) is 7.13. The Hall–Kier alpha value is -1.99. The van der Waals surface area contributed by atoms with E-state index in [-0.39, 0.29) is 11.0 Å². The van der Waals surface area contributed by atoms with Gasteiger partial charge in [-0.3, -0.25) is 9.97 Å². The van der Waals surface area contributed by atoms with Crippen molar-refractivity contribution in [3.63, 3.8) is 0 Å². The molecule has 1 aliphatic heterocycles. The van der Waals surface area contributed by atoms with Gasteiger partial charge in [-0.05, 0) is 37.1 Å². The van der Waals surface area contributed by atoms with E-state index in [4.69, 9.17) is 4.74 Å². The van der Waals surface area contributed by atoms with Gasteiger partial charge in [0.2, 0.25) is 10.0 Å². The van der Waals surface area contributed by atoms with Crippen LogP contribution in [0.5, 0.6) is 5.75 Å². The molecule has 1 atom stereocenters. The second-order valence-corrected chi connectivity index (χ2v) is 7.05. The number of ether oxygens (including phenoxy) is 1. The highest BCUT2D eigenvalue weighted by Gasteiger charge is 2.31. The number of rotatable bonds is 4. The molecule has 0 radical (unpaired) electrons. The Morgan fingerprint density at radius 3 is 2.68 bits per heavy atom. The number of nitrogens with zero attached hydrogens (tertiary/aromatic N) is 3. The molecule has 1 saturated heterocycles. The number of hydrogen-bond donors (Lipinski definition) is 0. The van der Waals surface area contributed by atoms with Gasteiger partial charge in [-0.2, -0.15) is 4.31 Å². The van der Waals surface area contributed by atoms with Gasteiger partial charge in [-0.25, -0.2) is 8.42 Å². The van der Waals surface area contributed by atoms with Crippen molar-refractivity contribution in [2.75, 3.05) is 13.1 Å². The highest BCUT2D eigenvalue weighted by molar-refractivity contribution is 7.89. The Morgan fingerprint density at radius 2 is 1.95 bits per heavy atom. The van der Waals surface area contributed by atoms with E-state index in [1.54, 1.807) is 42.9 Å². The van der Waals surface area contributed by atoms with Crippen LogP contribution in [0.25, 0.3) is 0 Å². The van der Waals surface area contributed by atoms with Gasteiger partial charge in [0, 0.05) is 31.3 Å². The summed E-state index contributed by atoms with van der Waals surface area (Å²) in [4.78, 5) is 8.05. The number of pyridine rings is 2. The fraction of sp³-hybridized carbons (Fsp3) is 0.333. The second-order valence-electron chi connectivity index (χ2n) is 5.12. The molecule has 22 heavy (non-hydrogen) atoms. The normalized spacial score (nSPS) is 19.7. The van der Waals surface area contributed by atoms with E-state index in [1.165, 1.54) is 10.5 Å². The van der Waals surface area contributed by atoms with Crippen molar-refractivity contribution in [1.82, 2.24) is 14.3 Å². The van der Waals surface area contributed by atoms with Crippen molar-refractivity contribution >= 4 is 10.0 Å². The molecule has 0 aliphatic carbocycles. The Kier molecular flexibility index (Phi) is 4.35. The molecule has 0 saturated carbocycles. The molecule has 0 aromatic carbocycles. The predicted octanol–water partition coefficient (Wildman–Crippen LogP) is 1.71. The van der Waals surface area contributed by atoms with Crippen molar-refractivity contribution in [1.29, 1.82) is 0 Å². The van der Waals surface area contributed by atoms with Crippen LogP contribution in [-0.4, -0.2) is 41.9 Å². The van der Waals surface area contributed by atoms with E-state index in [0.717, 1.165) is 12.8 Å². The standard InChI is InChI=1S/C15H17N3O3S/c19-22(20,15-4-1-7-17-11-15)18-10-2-3-14(12-18)21-13-5-8-16-9-6-13/h1,4-9,11,14H,2-3,10,12H2. The first-order chi connectivity index (χ1) is 10.7. The Morgan fingerprint density at radius 1 is 1.14 bits per heavy atom. The molecule has 0 N–H and O–H groups in total. The summed E-state index contributed by atoms with van der Waals surface area (Å²) in [7, 11) is -3.51. The highest BCUT2D eigenvalue weighted by atomic mass is 32.2. The molecular weight excluding hydrogens is 302 g/mol. The molecule has 0 amide bonds. The number of sulfonamides is 1. The van der Waals surface area contributed by atoms with Gasteiger partial charge in [0.1, 0.15) is 16.7 Å². The van der Waals surface area contributed by atoms with Gasteiger partial charge >= 0.3 is 0 Å². The lowest BCUT2D eigenvalue weighted by atomic mass is 10.1. The van der Waals surface area contributed by atoms with Gasteiger partial charge in [-0.1, -0.05) is 0 Å². The maximum Gasteiger partial charge on any atom is 0.244 e. The van der Waals surface area contributed by atoms with Crippen molar-refractivity contribution in [2.24, 2.45) is 0 Å². The molecule has 2 aromatic rings. The number of hydrogen-bond acceptors (Lipinski definition) is 5. The molecule has 0 bridgehead atoms. The average molecular weight is 319 g/mol. The van der Waals surface area contributed by atoms with Gasteiger partial charge in [0.15, 0.2) is 0 Å². The lowest BCUT2D eigenvalue weighted by molar-refractivity contribution is 0.129. The summed E-state index contributed by atoms with van der Waals surface area (Å²) in [6.07, 6.45) is 7.71. The van der Waals surface area contributed by atoms with Crippen LogP contribution < -0.4 is 4.74 Å². The summed E-state index contributed by atoms with van der Waals surface area (Å²) < 4.78 is 32.5. The summed E-state index contributed by atoms with van der Waals surface area (Å²) in [5.41, 5.74) is 0. The number of aromatic nitrogens is 2. The van der Waals surface area contributed by atoms with Gasteiger partial charge < -0.3 is 4.74 Å². The van der Waals surface area contributed by atoms with Crippen molar-refractivity contribution in [3.05, 3.63) is 49.1 Å². The molecular formula is C15H17N3O3S. The maximum atomic E-state index is 12.6. The monoisotopic (exact) mass is 319 g/mol. The van der Waals surface area contributed by atoms with E-state index >= 15 is 0 Å². The topological polar surface area (TPSA) is 72.4 Å². The molecule has 1 unspecified atom stereocenters. The van der Waals surface area contributed by atoms with Crippen molar-refractivity contribution in [3.8, 4) is 5.75 Å². The highest BCUT2D eigenvalue weighted by Crippen LogP contribution is 2.22.